The van der Waals surface area contributed by atoms with Gasteiger partial charge in [-0.05, 0) is 25.8 Å². The highest BCUT2D eigenvalue weighted by atomic mass is 16.5. The van der Waals surface area contributed by atoms with Crippen molar-refractivity contribution in [1.29, 1.82) is 0 Å². The number of nitrogens with one attached hydrogen (secondary N) is 1. The predicted octanol–water partition coefficient (Wildman–Crippen LogP) is 1.15. The Hall–Kier alpha value is -2.37. The van der Waals surface area contributed by atoms with E-state index in [4.69, 9.17) is 4.74 Å². The summed E-state index contributed by atoms with van der Waals surface area (Å²) in [4.78, 5) is 37.6. The highest BCUT2D eigenvalue weighted by molar-refractivity contribution is 5.91. The van der Waals surface area contributed by atoms with E-state index in [2.05, 4.69) is 5.32 Å². The summed E-state index contributed by atoms with van der Waals surface area (Å²) < 4.78 is 4.87. The molecule has 24 heavy (non-hydrogen) atoms. The van der Waals surface area contributed by atoms with E-state index in [0.717, 1.165) is 12.0 Å². The van der Waals surface area contributed by atoms with Crippen LogP contribution in [0.5, 0.6) is 0 Å². The third-order valence-corrected chi connectivity index (χ3v) is 4.10. The van der Waals surface area contributed by atoms with Gasteiger partial charge in [0, 0.05) is 19.5 Å². The molecule has 0 aromatic heterocycles. The Morgan fingerprint density at radius 2 is 2.04 bits per heavy atom. The maximum absolute atomic E-state index is 12.2. The number of rotatable bonds is 7. The van der Waals surface area contributed by atoms with Crippen molar-refractivity contribution in [1.82, 2.24) is 10.2 Å². The van der Waals surface area contributed by atoms with Crippen LogP contribution < -0.4 is 5.32 Å². The molecule has 0 bridgehead atoms. The number of ether oxygens (including phenoxy) is 1. The molecule has 0 unspecified atom stereocenters. The molecule has 130 valence electrons. The Balaban J connectivity index is 1.82. The third-order valence-electron chi connectivity index (χ3n) is 4.10. The first-order valence-electron chi connectivity index (χ1n) is 8.30. The predicted molar refractivity (Wildman–Crippen MR) is 89.1 cm³/mol. The minimum Gasteiger partial charge on any atom is -0.464 e. The van der Waals surface area contributed by atoms with Gasteiger partial charge in [0.05, 0.1) is 12.5 Å². The monoisotopic (exact) mass is 332 g/mol. The number of likely N-dealkylation sites (tertiary alicyclic amines) is 1. The number of benzene rings is 1. The molecule has 1 fully saturated rings. The SMILES string of the molecule is CCOC(=O)[C@H](C)NC(=O)[C@@H]1CC(=O)N(CCc2ccccc2)C1. The molecule has 2 atom stereocenters. The minimum atomic E-state index is -0.703. The molecule has 1 saturated heterocycles. The number of carbonyl (C=O) groups excluding carboxylic acids is 3. The van der Waals surface area contributed by atoms with Crippen molar-refractivity contribution in [2.75, 3.05) is 19.7 Å². The lowest BCUT2D eigenvalue weighted by atomic mass is 10.1. The molecule has 0 spiro atoms. The molecule has 2 amide bonds. The molecule has 1 aliphatic rings. The summed E-state index contributed by atoms with van der Waals surface area (Å²) >= 11 is 0. The summed E-state index contributed by atoms with van der Waals surface area (Å²) in [7, 11) is 0. The van der Waals surface area contributed by atoms with Crippen LogP contribution in [0.4, 0.5) is 0 Å². The summed E-state index contributed by atoms with van der Waals surface area (Å²) in [5.74, 6) is -1.16. The van der Waals surface area contributed by atoms with Gasteiger partial charge in [-0.25, -0.2) is 4.79 Å². The van der Waals surface area contributed by atoms with Crippen molar-refractivity contribution in [3.8, 4) is 0 Å². The van der Waals surface area contributed by atoms with Crippen LogP contribution in [0.15, 0.2) is 30.3 Å². The summed E-state index contributed by atoms with van der Waals surface area (Å²) in [6.45, 7) is 4.56. The molecule has 6 heteroatoms. The fourth-order valence-corrected chi connectivity index (χ4v) is 2.73. The van der Waals surface area contributed by atoms with E-state index >= 15 is 0 Å². The van der Waals surface area contributed by atoms with Crippen molar-refractivity contribution >= 4 is 17.8 Å². The molecule has 2 rings (SSSR count). The van der Waals surface area contributed by atoms with Crippen LogP contribution in [0.25, 0.3) is 0 Å². The summed E-state index contributed by atoms with van der Waals surface area (Å²) in [5.41, 5.74) is 1.16. The van der Waals surface area contributed by atoms with E-state index in [1.54, 1.807) is 18.7 Å². The van der Waals surface area contributed by atoms with Gasteiger partial charge in [-0.2, -0.15) is 0 Å². The lowest BCUT2D eigenvalue weighted by Gasteiger charge is -2.18. The fraction of sp³-hybridized carbons (Fsp3) is 0.500. The van der Waals surface area contributed by atoms with Crippen LogP contribution in [0, 0.1) is 5.92 Å². The van der Waals surface area contributed by atoms with Gasteiger partial charge in [-0.3, -0.25) is 9.59 Å². The number of amides is 2. The van der Waals surface area contributed by atoms with Crippen LogP contribution in [0.3, 0.4) is 0 Å². The van der Waals surface area contributed by atoms with Crippen LogP contribution in [0.1, 0.15) is 25.8 Å². The second kappa shape index (κ2) is 8.47. The fourth-order valence-electron chi connectivity index (χ4n) is 2.73. The largest absolute Gasteiger partial charge is 0.464 e. The lowest BCUT2D eigenvalue weighted by molar-refractivity contribution is -0.147. The Kier molecular flexibility index (Phi) is 6.35. The third kappa shape index (κ3) is 4.81. The van der Waals surface area contributed by atoms with Gasteiger partial charge >= 0.3 is 5.97 Å². The van der Waals surface area contributed by atoms with Crippen molar-refractivity contribution in [3.63, 3.8) is 0 Å². The lowest BCUT2D eigenvalue weighted by Crippen LogP contribution is -2.43. The number of carbonyl (C=O) groups is 3. The molecule has 1 aromatic carbocycles. The van der Waals surface area contributed by atoms with Crippen LogP contribution in [-0.4, -0.2) is 48.4 Å². The van der Waals surface area contributed by atoms with E-state index in [9.17, 15) is 14.4 Å². The van der Waals surface area contributed by atoms with Gasteiger partial charge in [0.25, 0.3) is 0 Å². The number of nitrogens with zero attached hydrogens (tertiary/aromatic N) is 1. The van der Waals surface area contributed by atoms with Crippen LogP contribution >= 0.6 is 0 Å². The number of hydrogen-bond acceptors (Lipinski definition) is 4. The van der Waals surface area contributed by atoms with E-state index in [1.165, 1.54) is 0 Å². The Bertz CT molecular complexity index is 588. The number of hydrogen-bond donors (Lipinski definition) is 1. The Labute approximate surface area is 142 Å². The quantitative estimate of drug-likeness (QED) is 0.760. The summed E-state index contributed by atoms with van der Waals surface area (Å²) in [6, 6.07) is 9.22. The van der Waals surface area contributed by atoms with Crippen molar-refractivity contribution in [2.45, 2.75) is 32.7 Å². The Morgan fingerprint density at radius 3 is 2.71 bits per heavy atom. The second-order valence-electron chi connectivity index (χ2n) is 5.96. The van der Waals surface area contributed by atoms with E-state index in [0.29, 0.717) is 13.1 Å². The molecule has 6 nitrogen and oxygen atoms in total. The molecule has 1 N–H and O–H groups in total. The van der Waals surface area contributed by atoms with Crippen LogP contribution in [-0.2, 0) is 25.5 Å². The van der Waals surface area contributed by atoms with Gasteiger partial charge in [0.2, 0.25) is 11.8 Å². The van der Waals surface area contributed by atoms with Crippen molar-refractivity contribution in [2.24, 2.45) is 5.92 Å². The zero-order valence-corrected chi connectivity index (χ0v) is 14.2. The molecular weight excluding hydrogens is 308 g/mol. The number of esters is 1. The van der Waals surface area contributed by atoms with Crippen molar-refractivity contribution < 1.29 is 19.1 Å². The second-order valence-corrected chi connectivity index (χ2v) is 5.96. The van der Waals surface area contributed by atoms with Crippen LogP contribution in [0.2, 0.25) is 0 Å². The van der Waals surface area contributed by atoms with Gasteiger partial charge in [-0.15, -0.1) is 0 Å². The average molecular weight is 332 g/mol. The van der Waals surface area contributed by atoms with E-state index in [1.807, 2.05) is 30.3 Å². The highest BCUT2D eigenvalue weighted by Crippen LogP contribution is 2.18. The topological polar surface area (TPSA) is 75.7 Å². The molecule has 1 heterocycles. The molecule has 1 aliphatic heterocycles. The maximum atomic E-state index is 12.2. The maximum Gasteiger partial charge on any atom is 0.328 e. The summed E-state index contributed by atoms with van der Waals surface area (Å²) in [6.07, 6.45) is 0.955. The molecular formula is C18H24N2O4. The normalized spacial score (nSPS) is 18.3. The van der Waals surface area contributed by atoms with E-state index in [-0.39, 0.29) is 24.8 Å². The summed E-state index contributed by atoms with van der Waals surface area (Å²) in [5, 5.41) is 2.63. The van der Waals surface area contributed by atoms with Gasteiger partial charge in [0.1, 0.15) is 6.04 Å². The van der Waals surface area contributed by atoms with Gasteiger partial charge in [-0.1, -0.05) is 30.3 Å². The van der Waals surface area contributed by atoms with E-state index < -0.39 is 17.9 Å². The average Bonchev–Trinajstić information content (AvgIpc) is 2.95. The first-order valence-corrected chi connectivity index (χ1v) is 8.30. The van der Waals surface area contributed by atoms with Gasteiger partial charge < -0.3 is 15.0 Å². The smallest absolute Gasteiger partial charge is 0.328 e. The zero-order chi connectivity index (χ0) is 17.5. The molecule has 0 aliphatic carbocycles. The Morgan fingerprint density at radius 1 is 1.33 bits per heavy atom. The van der Waals surface area contributed by atoms with Gasteiger partial charge in [0.15, 0.2) is 0 Å². The van der Waals surface area contributed by atoms with Crippen molar-refractivity contribution in [3.05, 3.63) is 35.9 Å². The first-order chi connectivity index (χ1) is 11.5. The highest BCUT2D eigenvalue weighted by Gasteiger charge is 2.35. The molecule has 1 aromatic rings. The zero-order valence-electron chi connectivity index (χ0n) is 14.2. The molecule has 0 radical (unpaired) electrons. The standard InChI is InChI=1S/C18H24N2O4/c1-3-24-18(23)13(2)19-17(22)15-11-16(21)20(12-15)10-9-14-7-5-4-6-8-14/h4-8,13,15H,3,9-12H2,1-2H3,(H,19,22)/t13-,15+/m0/s1. The minimum absolute atomic E-state index is 0.0186. The first kappa shape index (κ1) is 18.0. The molecule has 0 saturated carbocycles.